The highest BCUT2D eigenvalue weighted by molar-refractivity contribution is 6.17. The molecular weight excluding hydrogens is 400 g/mol. The maximum Gasteiger partial charge on any atom is 0.256 e. The van der Waals surface area contributed by atoms with E-state index in [9.17, 15) is 14.4 Å². The molecule has 0 atom stereocenters. The number of rotatable bonds is 7. The van der Waals surface area contributed by atoms with Crippen LogP contribution in [0.3, 0.4) is 0 Å². The second-order valence-electron chi connectivity index (χ2n) is 7.69. The highest BCUT2D eigenvalue weighted by atomic mass is 16.2. The Morgan fingerprint density at radius 3 is 2.09 bits per heavy atom. The van der Waals surface area contributed by atoms with E-state index in [-0.39, 0.29) is 17.3 Å². The molecule has 0 spiro atoms. The van der Waals surface area contributed by atoms with Gasteiger partial charge in [-0.2, -0.15) is 0 Å². The molecule has 2 amide bonds. The van der Waals surface area contributed by atoms with Crippen LogP contribution >= 0.6 is 0 Å². The van der Waals surface area contributed by atoms with Crippen LogP contribution < -0.4 is 5.32 Å². The highest BCUT2D eigenvalue weighted by Gasteiger charge is 2.19. The molecule has 0 radical (unpaired) electrons. The lowest BCUT2D eigenvalue weighted by atomic mass is 9.95. The molecule has 3 aromatic rings. The molecule has 1 N–H and O–H groups in total. The summed E-state index contributed by atoms with van der Waals surface area (Å²) in [6.45, 7) is 9.02. The monoisotopic (exact) mass is 428 g/mol. The average molecular weight is 429 g/mol. The van der Waals surface area contributed by atoms with Crippen LogP contribution in [0.25, 0.3) is 0 Å². The second-order valence-corrected chi connectivity index (χ2v) is 7.69. The standard InChI is InChI=1S/C27H28N2O3/c1-5-29(6-2)27(32)21-10-9-11-22(17-21)28-26(31)24-13-8-7-12-23(24)25(30)20-15-14-18(3)19(4)16-20/h7-17H,5-6H2,1-4H3,(H,28,31). The normalized spacial score (nSPS) is 10.5. The molecule has 0 aliphatic rings. The number of nitrogens with one attached hydrogen (secondary N) is 1. The smallest absolute Gasteiger partial charge is 0.256 e. The van der Waals surface area contributed by atoms with E-state index >= 15 is 0 Å². The number of benzene rings is 3. The van der Waals surface area contributed by atoms with Crippen LogP contribution in [0.1, 0.15) is 61.6 Å². The van der Waals surface area contributed by atoms with Crippen LogP contribution in [0.2, 0.25) is 0 Å². The number of nitrogens with zero attached hydrogens (tertiary/aromatic N) is 1. The van der Waals surface area contributed by atoms with Crippen molar-refractivity contribution < 1.29 is 14.4 Å². The maximum absolute atomic E-state index is 13.1. The summed E-state index contributed by atoms with van der Waals surface area (Å²) in [6, 6.07) is 19.1. The van der Waals surface area contributed by atoms with Gasteiger partial charge in [0.1, 0.15) is 0 Å². The van der Waals surface area contributed by atoms with Crippen LogP contribution in [0.4, 0.5) is 5.69 Å². The Labute approximate surface area is 189 Å². The fourth-order valence-electron chi connectivity index (χ4n) is 3.54. The number of hydrogen-bond acceptors (Lipinski definition) is 3. The number of amides is 2. The van der Waals surface area contributed by atoms with Crippen molar-refractivity contribution in [2.24, 2.45) is 0 Å². The third-order valence-corrected chi connectivity index (χ3v) is 5.60. The SMILES string of the molecule is CCN(CC)C(=O)c1cccc(NC(=O)c2ccccc2C(=O)c2ccc(C)c(C)c2)c1. The predicted octanol–water partition coefficient (Wildman–Crippen LogP) is 5.27. The topological polar surface area (TPSA) is 66.5 Å². The Bertz CT molecular complexity index is 1160. The lowest BCUT2D eigenvalue weighted by Crippen LogP contribution is -2.30. The largest absolute Gasteiger partial charge is 0.339 e. The van der Waals surface area contributed by atoms with E-state index in [1.54, 1.807) is 59.5 Å². The van der Waals surface area contributed by atoms with E-state index < -0.39 is 5.91 Å². The van der Waals surface area contributed by atoms with E-state index in [1.807, 2.05) is 39.8 Å². The molecule has 0 saturated heterocycles. The molecule has 0 bridgehead atoms. The molecule has 32 heavy (non-hydrogen) atoms. The summed E-state index contributed by atoms with van der Waals surface area (Å²) >= 11 is 0. The number of carbonyl (C=O) groups excluding carboxylic acids is 3. The fourth-order valence-corrected chi connectivity index (χ4v) is 3.54. The van der Waals surface area contributed by atoms with Gasteiger partial charge in [0.25, 0.3) is 11.8 Å². The molecular formula is C27H28N2O3. The van der Waals surface area contributed by atoms with E-state index in [0.29, 0.717) is 35.5 Å². The Kier molecular flexibility index (Phi) is 7.21. The van der Waals surface area contributed by atoms with Crippen LogP contribution in [0, 0.1) is 13.8 Å². The van der Waals surface area contributed by atoms with Gasteiger partial charge in [0.2, 0.25) is 0 Å². The van der Waals surface area contributed by atoms with E-state index in [1.165, 1.54) is 0 Å². The highest BCUT2D eigenvalue weighted by Crippen LogP contribution is 2.20. The van der Waals surface area contributed by atoms with Gasteiger partial charge in [0.15, 0.2) is 5.78 Å². The summed E-state index contributed by atoms with van der Waals surface area (Å²) < 4.78 is 0. The first-order chi connectivity index (χ1) is 15.3. The molecule has 3 rings (SSSR count). The lowest BCUT2D eigenvalue weighted by Gasteiger charge is -2.19. The number of aryl methyl sites for hydroxylation is 2. The molecule has 0 saturated carbocycles. The van der Waals surface area contributed by atoms with Crippen molar-refractivity contribution in [3.05, 3.63) is 100 Å². The summed E-state index contributed by atoms with van der Waals surface area (Å²) in [5, 5.41) is 2.83. The fraction of sp³-hybridized carbons (Fsp3) is 0.222. The zero-order valence-electron chi connectivity index (χ0n) is 18.9. The van der Waals surface area contributed by atoms with Gasteiger partial charge < -0.3 is 10.2 Å². The summed E-state index contributed by atoms with van der Waals surface area (Å²) in [5.41, 5.74) is 4.30. The van der Waals surface area contributed by atoms with Gasteiger partial charge >= 0.3 is 0 Å². The van der Waals surface area contributed by atoms with Crippen molar-refractivity contribution >= 4 is 23.3 Å². The van der Waals surface area contributed by atoms with Gasteiger partial charge in [-0.1, -0.05) is 36.4 Å². The molecule has 5 heteroatoms. The quantitative estimate of drug-likeness (QED) is 0.522. The minimum atomic E-state index is -0.398. The van der Waals surface area contributed by atoms with Crippen molar-refractivity contribution in [3.8, 4) is 0 Å². The lowest BCUT2D eigenvalue weighted by molar-refractivity contribution is 0.0772. The van der Waals surface area contributed by atoms with E-state index in [2.05, 4.69) is 5.32 Å². The van der Waals surface area contributed by atoms with Crippen molar-refractivity contribution in [3.63, 3.8) is 0 Å². The van der Waals surface area contributed by atoms with Gasteiger partial charge in [-0.05, 0) is 69.2 Å². The minimum absolute atomic E-state index is 0.0867. The summed E-state index contributed by atoms with van der Waals surface area (Å²) in [4.78, 5) is 40.6. The molecule has 0 aliphatic heterocycles. The molecule has 0 aliphatic carbocycles. The zero-order chi connectivity index (χ0) is 23.3. The Morgan fingerprint density at radius 1 is 0.750 bits per heavy atom. The summed E-state index contributed by atoms with van der Waals surface area (Å²) in [5.74, 6) is -0.689. The van der Waals surface area contributed by atoms with Gasteiger partial charge in [-0.3, -0.25) is 14.4 Å². The first-order valence-corrected chi connectivity index (χ1v) is 10.8. The van der Waals surface area contributed by atoms with Gasteiger partial charge in [-0.25, -0.2) is 0 Å². The Balaban J connectivity index is 1.87. The van der Waals surface area contributed by atoms with Crippen LogP contribution in [0.15, 0.2) is 66.7 Å². The molecule has 3 aromatic carbocycles. The van der Waals surface area contributed by atoms with Gasteiger partial charge in [0, 0.05) is 35.5 Å². The van der Waals surface area contributed by atoms with Crippen molar-refractivity contribution in [2.45, 2.75) is 27.7 Å². The second kappa shape index (κ2) is 10.1. The molecule has 164 valence electrons. The first kappa shape index (κ1) is 22.9. The van der Waals surface area contributed by atoms with Crippen LogP contribution in [0.5, 0.6) is 0 Å². The zero-order valence-corrected chi connectivity index (χ0v) is 18.9. The van der Waals surface area contributed by atoms with E-state index in [0.717, 1.165) is 11.1 Å². The van der Waals surface area contributed by atoms with Crippen LogP contribution in [-0.2, 0) is 0 Å². The summed E-state index contributed by atoms with van der Waals surface area (Å²) in [6.07, 6.45) is 0. The maximum atomic E-state index is 13.1. The molecule has 0 heterocycles. The van der Waals surface area contributed by atoms with Crippen molar-refractivity contribution in [1.29, 1.82) is 0 Å². The number of ketones is 1. The Hall–Kier alpha value is -3.73. The molecule has 0 fully saturated rings. The average Bonchev–Trinajstić information content (AvgIpc) is 2.81. The third-order valence-electron chi connectivity index (χ3n) is 5.60. The molecule has 0 aromatic heterocycles. The van der Waals surface area contributed by atoms with Crippen molar-refractivity contribution in [2.75, 3.05) is 18.4 Å². The minimum Gasteiger partial charge on any atom is -0.339 e. The van der Waals surface area contributed by atoms with E-state index in [4.69, 9.17) is 0 Å². The predicted molar refractivity (Wildman–Crippen MR) is 127 cm³/mol. The van der Waals surface area contributed by atoms with Crippen LogP contribution in [-0.4, -0.2) is 35.6 Å². The molecule has 5 nitrogen and oxygen atoms in total. The number of anilines is 1. The summed E-state index contributed by atoms with van der Waals surface area (Å²) in [7, 11) is 0. The van der Waals surface area contributed by atoms with Gasteiger partial charge in [0.05, 0.1) is 5.56 Å². The van der Waals surface area contributed by atoms with Crippen molar-refractivity contribution in [1.82, 2.24) is 4.90 Å². The number of carbonyl (C=O) groups is 3. The third kappa shape index (κ3) is 4.94. The number of hydrogen-bond donors (Lipinski definition) is 1. The van der Waals surface area contributed by atoms with Gasteiger partial charge in [-0.15, -0.1) is 0 Å². The Morgan fingerprint density at radius 2 is 1.44 bits per heavy atom. The first-order valence-electron chi connectivity index (χ1n) is 10.8. The molecule has 0 unspecified atom stereocenters.